The van der Waals surface area contributed by atoms with Crippen molar-refractivity contribution in [2.24, 2.45) is 0 Å². The van der Waals surface area contributed by atoms with Gasteiger partial charge in [0, 0.05) is 0 Å². The van der Waals surface area contributed by atoms with Crippen molar-refractivity contribution in [3.63, 3.8) is 0 Å². The average molecular weight is 302 g/mol. The van der Waals surface area contributed by atoms with Crippen molar-refractivity contribution in [2.45, 2.75) is 24.3 Å². The van der Waals surface area contributed by atoms with Gasteiger partial charge in [0.05, 0.1) is 7.18 Å². The van der Waals surface area contributed by atoms with E-state index in [1.807, 2.05) is 4.74 Å². The van der Waals surface area contributed by atoms with E-state index in [2.05, 4.69) is 0 Å². The van der Waals surface area contributed by atoms with Gasteiger partial charge < -0.3 is 0 Å². The van der Waals surface area contributed by atoms with E-state index in [1.54, 1.807) is 0 Å². The van der Waals surface area contributed by atoms with Crippen LogP contribution >= 0.6 is 0 Å². The van der Waals surface area contributed by atoms with Gasteiger partial charge in [-0.25, -0.2) is 9.13 Å². The molecule has 1 nitrogen and oxygen atoms in total. The summed E-state index contributed by atoms with van der Waals surface area (Å²) in [6.45, 7) is -2.98. The lowest BCUT2D eigenvalue weighted by molar-refractivity contribution is -0.472. The highest BCUT2D eigenvalue weighted by Gasteiger charge is 2.76. The molecule has 18 heavy (non-hydrogen) atoms. The summed E-state index contributed by atoms with van der Waals surface area (Å²) >= 11 is 0. The maximum absolute atomic E-state index is 12.0. The van der Waals surface area contributed by atoms with Crippen LogP contribution < -0.4 is 0 Å². The predicted octanol–water partition coefficient (Wildman–Crippen LogP) is 3.94. The summed E-state index contributed by atoms with van der Waals surface area (Å²) in [6, 6.07) is 0. The molecule has 0 aliphatic heterocycles. The molecular formula is C6H5F11O. The van der Waals surface area contributed by atoms with Crippen LogP contribution in [-0.4, -0.2) is 38.2 Å². The van der Waals surface area contributed by atoms with Gasteiger partial charge in [-0.1, -0.05) is 0 Å². The van der Waals surface area contributed by atoms with Crippen molar-refractivity contribution < 1.29 is 53.0 Å². The molecule has 0 heterocycles. The zero-order valence-corrected chi connectivity index (χ0v) is 8.27. The highest BCUT2D eigenvalue weighted by atomic mass is 19.4. The van der Waals surface area contributed by atoms with E-state index in [0.29, 0.717) is 7.18 Å². The number of hydrogen-bond acceptors (Lipinski definition) is 1. The molecule has 0 aromatic heterocycles. The summed E-state index contributed by atoms with van der Waals surface area (Å²) in [6.07, 6.45) is -18.8. The Kier molecular flexibility index (Phi) is 6.39. The third kappa shape index (κ3) is 4.46. The van der Waals surface area contributed by atoms with Crippen LogP contribution in [0, 0.1) is 0 Å². The number of ether oxygens (including phenoxy) is 1. The lowest BCUT2D eigenvalue weighted by atomic mass is 10.3. The van der Waals surface area contributed by atoms with Crippen LogP contribution in [0.1, 0.15) is 0 Å². The number of alkyl halides is 11. The zero-order chi connectivity index (χ0) is 15.4. The monoisotopic (exact) mass is 302 g/mol. The first-order chi connectivity index (χ1) is 7.77. The van der Waals surface area contributed by atoms with Gasteiger partial charge in [0.25, 0.3) is 0 Å². The van der Waals surface area contributed by atoms with Gasteiger partial charge in [0.15, 0.2) is 6.67 Å². The maximum atomic E-state index is 12.0. The van der Waals surface area contributed by atoms with Crippen LogP contribution in [0.15, 0.2) is 0 Å². The predicted molar refractivity (Wildman–Crippen MR) is 35.0 cm³/mol. The molecule has 0 amide bonds. The second-order valence-electron chi connectivity index (χ2n) is 2.46. The SMILES string of the molecule is CF.FCC(F)(F)OC(F)(F)C(F)(F)C(F)(F)F. The van der Waals surface area contributed by atoms with E-state index < -0.39 is 31.0 Å². The second kappa shape index (κ2) is 5.89. The van der Waals surface area contributed by atoms with Gasteiger partial charge in [-0.15, -0.1) is 0 Å². The van der Waals surface area contributed by atoms with Gasteiger partial charge in [0.1, 0.15) is 0 Å². The van der Waals surface area contributed by atoms with Crippen molar-refractivity contribution >= 4 is 0 Å². The first kappa shape index (κ1) is 19.5. The molecule has 0 aliphatic carbocycles. The summed E-state index contributed by atoms with van der Waals surface area (Å²) in [7, 11) is 0.500. The van der Waals surface area contributed by atoms with Gasteiger partial charge in [-0.05, 0) is 0 Å². The van der Waals surface area contributed by atoms with Gasteiger partial charge in [-0.3, -0.25) is 4.39 Å². The second-order valence-corrected chi connectivity index (χ2v) is 2.46. The largest absolute Gasteiger partial charge is 0.462 e. The Morgan fingerprint density at radius 2 is 1.11 bits per heavy atom. The molecule has 0 spiro atoms. The minimum atomic E-state index is -6.86. The minimum Gasteiger partial charge on any atom is -0.255 e. The molecule has 0 aromatic carbocycles. The van der Waals surface area contributed by atoms with E-state index in [1.165, 1.54) is 0 Å². The van der Waals surface area contributed by atoms with Crippen LogP contribution in [-0.2, 0) is 4.74 Å². The van der Waals surface area contributed by atoms with Crippen molar-refractivity contribution in [1.82, 2.24) is 0 Å². The Balaban J connectivity index is 0. The highest BCUT2D eigenvalue weighted by Crippen LogP contribution is 2.48. The first-order valence-electron chi connectivity index (χ1n) is 3.61. The fourth-order valence-electron chi connectivity index (χ4n) is 0.444. The lowest BCUT2D eigenvalue weighted by Crippen LogP contribution is -2.55. The van der Waals surface area contributed by atoms with Crippen LogP contribution in [0.25, 0.3) is 0 Å². The summed E-state index contributed by atoms with van der Waals surface area (Å²) in [4.78, 5) is 0. The molecule has 0 aliphatic rings. The third-order valence-electron chi connectivity index (χ3n) is 1.15. The van der Waals surface area contributed by atoms with Crippen molar-refractivity contribution in [3.05, 3.63) is 0 Å². The summed E-state index contributed by atoms with van der Waals surface area (Å²) < 4.78 is 128. The van der Waals surface area contributed by atoms with Crippen molar-refractivity contribution in [2.75, 3.05) is 13.9 Å². The minimum absolute atomic E-state index is 0.500. The van der Waals surface area contributed by atoms with E-state index in [-0.39, 0.29) is 0 Å². The molecule has 0 fully saturated rings. The molecule has 12 heteroatoms. The van der Waals surface area contributed by atoms with E-state index in [0.717, 1.165) is 0 Å². The Morgan fingerprint density at radius 3 is 1.33 bits per heavy atom. The standard InChI is InChI=1S/C5H2F10O.CH3F/c6-1-2(7,8)16-5(14,15)3(9,10)4(11,12)13;1-2/h1H2;1H3. The molecule has 0 saturated heterocycles. The van der Waals surface area contributed by atoms with Crippen molar-refractivity contribution in [3.8, 4) is 0 Å². The smallest absolute Gasteiger partial charge is 0.255 e. The van der Waals surface area contributed by atoms with Crippen molar-refractivity contribution in [1.29, 1.82) is 0 Å². The number of hydrogen-bond donors (Lipinski definition) is 0. The molecule has 0 rings (SSSR count). The summed E-state index contributed by atoms with van der Waals surface area (Å²) in [5, 5.41) is 0. The lowest BCUT2D eigenvalue weighted by Gasteiger charge is -2.29. The summed E-state index contributed by atoms with van der Waals surface area (Å²) in [5.74, 6) is -6.86. The Labute approximate surface area is 92.5 Å². The highest BCUT2D eigenvalue weighted by molar-refractivity contribution is 4.85. The molecule has 112 valence electrons. The van der Waals surface area contributed by atoms with E-state index >= 15 is 0 Å². The molecule has 0 N–H and O–H groups in total. The van der Waals surface area contributed by atoms with Gasteiger partial charge in [-0.2, -0.15) is 39.5 Å². The maximum Gasteiger partial charge on any atom is 0.462 e. The third-order valence-corrected chi connectivity index (χ3v) is 1.15. The normalized spacial score (nSPS) is 14.0. The molecule has 0 saturated carbocycles. The Morgan fingerprint density at radius 1 is 0.778 bits per heavy atom. The average Bonchev–Trinajstić information content (AvgIpc) is 2.17. The summed E-state index contributed by atoms with van der Waals surface area (Å²) in [5.41, 5.74) is 0. The van der Waals surface area contributed by atoms with Crippen LogP contribution in [0.2, 0.25) is 0 Å². The quantitative estimate of drug-likeness (QED) is 0.715. The molecule has 0 bridgehead atoms. The number of halogens is 11. The fraction of sp³-hybridized carbons (Fsp3) is 1.00. The first-order valence-corrected chi connectivity index (χ1v) is 3.61. The van der Waals surface area contributed by atoms with Crippen LogP contribution in [0.5, 0.6) is 0 Å². The Bertz CT molecular complexity index is 244. The Hall–Kier alpha value is -0.810. The molecule has 0 atom stereocenters. The van der Waals surface area contributed by atoms with Crippen LogP contribution in [0.4, 0.5) is 48.3 Å². The molecule has 0 aromatic rings. The molecular weight excluding hydrogens is 297 g/mol. The van der Waals surface area contributed by atoms with Gasteiger partial charge >= 0.3 is 24.3 Å². The molecule has 0 unspecified atom stereocenters. The topological polar surface area (TPSA) is 9.23 Å². The van der Waals surface area contributed by atoms with E-state index in [9.17, 15) is 48.3 Å². The fourth-order valence-corrected chi connectivity index (χ4v) is 0.444. The van der Waals surface area contributed by atoms with Gasteiger partial charge in [0.2, 0.25) is 0 Å². The van der Waals surface area contributed by atoms with Crippen LogP contribution in [0.3, 0.4) is 0 Å². The number of rotatable bonds is 4. The molecule has 0 radical (unpaired) electrons. The van der Waals surface area contributed by atoms with E-state index in [4.69, 9.17) is 0 Å². The zero-order valence-electron chi connectivity index (χ0n) is 8.27.